The highest BCUT2D eigenvalue weighted by Crippen LogP contribution is 2.28. The fourth-order valence-corrected chi connectivity index (χ4v) is 6.16. The van der Waals surface area contributed by atoms with Crippen molar-refractivity contribution in [1.82, 2.24) is 9.21 Å². The summed E-state index contributed by atoms with van der Waals surface area (Å²) >= 11 is 0. The van der Waals surface area contributed by atoms with Crippen molar-refractivity contribution in [2.24, 2.45) is 0 Å². The van der Waals surface area contributed by atoms with Crippen molar-refractivity contribution in [1.29, 1.82) is 0 Å². The molecule has 2 fully saturated rings. The molecule has 0 N–H and O–H groups in total. The van der Waals surface area contributed by atoms with Crippen LogP contribution in [-0.2, 0) is 21.2 Å². The van der Waals surface area contributed by atoms with Crippen LogP contribution in [0.1, 0.15) is 24.8 Å². The maximum Gasteiger partial charge on any atom is 0.243 e. The van der Waals surface area contributed by atoms with Gasteiger partial charge in [-0.1, -0.05) is 0 Å². The van der Waals surface area contributed by atoms with Crippen LogP contribution in [0.25, 0.3) is 0 Å². The average Bonchev–Trinajstić information content (AvgIpc) is 3.43. The lowest BCUT2D eigenvalue weighted by molar-refractivity contribution is -0.131. The van der Waals surface area contributed by atoms with Crippen LogP contribution in [0.5, 0.6) is 11.5 Å². The van der Waals surface area contributed by atoms with Crippen molar-refractivity contribution in [3.63, 3.8) is 0 Å². The molecule has 2 heterocycles. The van der Waals surface area contributed by atoms with Gasteiger partial charge in [-0.3, -0.25) is 4.79 Å². The Labute approximate surface area is 202 Å². The highest BCUT2D eigenvalue weighted by molar-refractivity contribution is 7.89. The Morgan fingerprint density at radius 2 is 1.56 bits per heavy atom. The van der Waals surface area contributed by atoms with Gasteiger partial charge >= 0.3 is 0 Å². The zero-order chi connectivity index (χ0) is 24.1. The van der Waals surface area contributed by atoms with Crippen LogP contribution in [0, 0.1) is 0 Å². The van der Waals surface area contributed by atoms with Gasteiger partial charge in [0.15, 0.2) is 0 Å². The van der Waals surface area contributed by atoms with E-state index in [0.717, 1.165) is 42.9 Å². The number of anilines is 1. The normalized spacial score (nSPS) is 17.1. The predicted molar refractivity (Wildman–Crippen MR) is 131 cm³/mol. The molecule has 0 unspecified atom stereocenters. The maximum absolute atomic E-state index is 13.0. The van der Waals surface area contributed by atoms with Crippen LogP contribution >= 0.6 is 0 Å². The molecule has 9 heteroatoms. The molecule has 2 saturated heterocycles. The number of piperazine rings is 1. The summed E-state index contributed by atoms with van der Waals surface area (Å²) < 4.78 is 38.1. The van der Waals surface area contributed by atoms with Crippen LogP contribution in [0.4, 0.5) is 5.69 Å². The Bertz CT molecular complexity index is 1090. The maximum atomic E-state index is 13.0. The molecule has 2 aliphatic heterocycles. The van der Waals surface area contributed by atoms with E-state index in [1.165, 1.54) is 4.31 Å². The van der Waals surface area contributed by atoms with Gasteiger partial charge in [-0.25, -0.2) is 8.42 Å². The molecule has 0 aromatic heterocycles. The van der Waals surface area contributed by atoms with Crippen molar-refractivity contribution >= 4 is 21.6 Å². The highest BCUT2D eigenvalue weighted by atomic mass is 32.2. The molecule has 34 heavy (non-hydrogen) atoms. The molecule has 1 amide bonds. The topological polar surface area (TPSA) is 79.4 Å². The Kier molecular flexibility index (Phi) is 7.63. The zero-order valence-corrected chi connectivity index (χ0v) is 20.7. The number of hydrogen-bond donors (Lipinski definition) is 0. The number of aryl methyl sites for hydroxylation is 1. The first-order chi connectivity index (χ1) is 16.4. The Morgan fingerprint density at radius 3 is 2.18 bits per heavy atom. The van der Waals surface area contributed by atoms with Gasteiger partial charge in [-0.15, -0.1) is 0 Å². The van der Waals surface area contributed by atoms with Gasteiger partial charge in [-0.2, -0.15) is 4.31 Å². The molecule has 2 aliphatic rings. The van der Waals surface area contributed by atoms with Crippen LogP contribution in [0.3, 0.4) is 0 Å². The lowest BCUT2D eigenvalue weighted by Gasteiger charge is -2.36. The summed E-state index contributed by atoms with van der Waals surface area (Å²) in [5.41, 5.74) is 1.86. The lowest BCUT2D eigenvalue weighted by Crippen LogP contribution is -2.48. The van der Waals surface area contributed by atoms with Crippen molar-refractivity contribution in [3.05, 3.63) is 48.0 Å². The van der Waals surface area contributed by atoms with E-state index in [2.05, 4.69) is 4.90 Å². The molecule has 0 radical (unpaired) electrons. The fraction of sp³-hybridized carbons (Fsp3) is 0.480. The van der Waals surface area contributed by atoms with Crippen molar-refractivity contribution in [2.45, 2.75) is 30.6 Å². The Morgan fingerprint density at radius 1 is 0.882 bits per heavy atom. The van der Waals surface area contributed by atoms with E-state index in [-0.39, 0.29) is 10.8 Å². The minimum Gasteiger partial charge on any atom is -0.497 e. The first-order valence-corrected chi connectivity index (χ1v) is 13.2. The van der Waals surface area contributed by atoms with Gasteiger partial charge in [0.1, 0.15) is 11.5 Å². The molecule has 0 aliphatic carbocycles. The first kappa shape index (κ1) is 24.3. The third-order valence-electron chi connectivity index (χ3n) is 6.63. The minimum absolute atomic E-state index is 0.0734. The number of sulfonamides is 1. The SMILES string of the molecule is COc1ccc(N2CCN(C(=O)CCc3cc(S(=O)(=O)N4CCCC4)ccc3OC)CC2)cc1. The molecule has 0 spiro atoms. The molecule has 0 bridgehead atoms. The lowest BCUT2D eigenvalue weighted by atomic mass is 10.1. The predicted octanol–water partition coefficient (Wildman–Crippen LogP) is 2.77. The first-order valence-electron chi connectivity index (χ1n) is 11.8. The smallest absolute Gasteiger partial charge is 0.243 e. The standard InChI is InChI=1S/C25H33N3O5S/c1-32-22-8-6-21(7-9-22)26-15-17-27(18-16-26)25(29)12-5-20-19-23(10-11-24(20)33-2)34(30,31)28-13-3-4-14-28/h6-11,19H,3-5,12-18H2,1-2H3. The number of carbonyl (C=O) groups excluding carboxylic acids is 1. The second kappa shape index (κ2) is 10.7. The van der Waals surface area contributed by atoms with Gasteiger partial charge in [0.2, 0.25) is 15.9 Å². The van der Waals surface area contributed by atoms with E-state index in [1.807, 2.05) is 29.2 Å². The van der Waals surface area contributed by atoms with Gasteiger partial charge in [0.05, 0.1) is 19.1 Å². The molecular formula is C25H33N3O5S. The summed E-state index contributed by atoms with van der Waals surface area (Å²) in [6.45, 7) is 3.97. The third-order valence-corrected chi connectivity index (χ3v) is 8.53. The zero-order valence-electron chi connectivity index (χ0n) is 19.9. The van der Waals surface area contributed by atoms with E-state index in [1.54, 1.807) is 32.4 Å². The third kappa shape index (κ3) is 5.31. The molecular weight excluding hydrogens is 454 g/mol. The second-order valence-corrected chi connectivity index (χ2v) is 10.6. The molecule has 0 atom stereocenters. The molecule has 0 saturated carbocycles. The van der Waals surface area contributed by atoms with Crippen molar-refractivity contribution in [3.8, 4) is 11.5 Å². The number of methoxy groups -OCH3 is 2. The Hall–Kier alpha value is -2.78. The number of benzene rings is 2. The molecule has 4 rings (SSSR count). The monoisotopic (exact) mass is 487 g/mol. The van der Waals surface area contributed by atoms with Crippen LogP contribution in [0.2, 0.25) is 0 Å². The minimum atomic E-state index is -3.51. The number of amides is 1. The summed E-state index contributed by atoms with van der Waals surface area (Å²) in [6, 6.07) is 12.9. The fourth-order valence-electron chi connectivity index (χ4n) is 4.60. The van der Waals surface area contributed by atoms with Crippen LogP contribution < -0.4 is 14.4 Å². The average molecular weight is 488 g/mol. The largest absolute Gasteiger partial charge is 0.497 e. The number of rotatable bonds is 8. The van der Waals surface area contributed by atoms with Crippen molar-refractivity contribution in [2.75, 3.05) is 58.4 Å². The van der Waals surface area contributed by atoms with Gasteiger partial charge in [0.25, 0.3) is 0 Å². The van der Waals surface area contributed by atoms with Gasteiger partial charge in [-0.05, 0) is 67.3 Å². The molecule has 184 valence electrons. The van der Waals surface area contributed by atoms with E-state index in [0.29, 0.717) is 44.8 Å². The van der Waals surface area contributed by atoms with Crippen molar-refractivity contribution < 1.29 is 22.7 Å². The number of nitrogens with zero attached hydrogens (tertiary/aromatic N) is 3. The number of ether oxygens (including phenoxy) is 2. The van der Waals surface area contributed by atoms with Crippen LogP contribution in [-0.4, -0.2) is 77.0 Å². The Balaban J connectivity index is 1.36. The molecule has 2 aromatic rings. The van der Waals surface area contributed by atoms with Crippen LogP contribution in [0.15, 0.2) is 47.4 Å². The summed E-state index contributed by atoms with van der Waals surface area (Å²) in [5.74, 6) is 1.51. The summed E-state index contributed by atoms with van der Waals surface area (Å²) in [4.78, 5) is 17.3. The van der Waals surface area contributed by atoms with E-state index in [4.69, 9.17) is 9.47 Å². The second-order valence-electron chi connectivity index (χ2n) is 8.65. The molecule has 8 nitrogen and oxygen atoms in total. The number of hydrogen-bond acceptors (Lipinski definition) is 6. The van der Waals surface area contributed by atoms with Gasteiger partial charge < -0.3 is 19.3 Å². The van der Waals surface area contributed by atoms with Gasteiger partial charge in [0, 0.05) is 51.4 Å². The quantitative estimate of drug-likeness (QED) is 0.570. The molecule has 2 aromatic carbocycles. The highest BCUT2D eigenvalue weighted by Gasteiger charge is 2.28. The van der Waals surface area contributed by atoms with E-state index >= 15 is 0 Å². The van der Waals surface area contributed by atoms with E-state index in [9.17, 15) is 13.2 Å². The summed E-state index contributed by atoms with van der Waals surface area (Å²) in [7, 11) is -0.299. The van der Waals surface area contributed by atoms with E-state index < -0.39 is 10.0 Å². The summed E-state index contributed by atoms with van der Waals surface area (Å²) in [6.07, 6.45) is 2.53. The number of carbonyl (C=O) groups is 1. The summed E-state index contributed by atoms with van der Waals surface area (Å²) in [5, 5.41) is 0.